The van der Waals surface area contributed by atoms with Gasteiger partial charge in [-0.2, -0.15) is 0 Å². The Morgan fingerprint density at radius 2 is 2.10 bits per heavy atom. The van der Waals surface area contributed by atoms with E-state index in [1.165, 1.54) is 19.3 Å². The van der Waals surface area contributed by atoms with E-state index in [-0.39, 0.29) is 5.91 Å². The van der Waals surface area contributed by atoms with E-state index in [0.717, 1.165) is 23.2 Å². The summed E-state index contributed by atoms with van der Waals surface area (Å²) in [4.78, 5) is 16.9. The number of para-hydroxylation sites is 1. The Morgan fingerprint density at radius 1 is 1.24 bits per heavy atom. The maximum absolute atomic E-state index is 12.4. The first-order valence-corrected chi connectivity index (χ1v) is 7.67. The molecule has 1 aromatic heterocycles. The molecule has 4 heteroatoms. The molecule has 1 amide bonds. The van der Waals surface area contributed by atoms with Gasteiger partial charge in [0.05, 0.1) is 5.52 Å². The number of benzene rings is 1. The van der Waals surface area contributed by atoms with Crippen LogP contribution in [0.2, 0.25) is 0 Å². The minimum Gasteiger partial charge on any atom is -0.398 e. The monoisotopic (exact) mass is 281 g/mol. The van der Waals surface area contributed by atoms with Gasteiger partial charge in [0, 0.05) is 17.1 Å². The Bertz CT molecular complexity index is 712. The summed E-state index contributed by atoms with van der Waals surface area (Å²) in [6.45, 7) is 0. The van der Waals surface area contributed by atoms with Crippen molar-refractivity contribution in [2.75, 3.05) is 5.73 Å². The molecule has 2 aliphatic carbocycles. The van der Waals surface area contributed by atoms with Crippen molar-refractivity contribution < 1.29 is 4.79 Å². The Morgan fingerprint density at radius 3 is 2.86 bits per heavy atom. The molecule has 0 aliphatic heterocycles. The number of nitrogen functional groups attached to an aromatic ring is 1. The third-order valence-electron chi connectivity index (χ3n) is 5.04. The average molecular weight is 281 g/mol. The highest BCUT2D eigenvalue weighted by Gasteiger charge is 2.40. The van der Waals surface area contributed by atoms with Gasteiger partial charge in [-0.25, -0.2) is 4.98 Å². The van der Waals surface area contributed by atoms with Gasteiger partial charge in [-0.15, -0.1) is 0 Å². The number of nitrogens with one attached hydrogen (secondary N) is 1. The van der Waals surface area contributed by atoms with Gasteiger partial charge in [-0.05, 0) is 43.2 Å². The number of nitrogens with zero attached hydrogens (tertiary/aromatic N) is 1. The lowest BCUT2D eigenvalue weighted by atomic mass is 9.95. The molecule has 2 fully saturated rings. The van der Waals surface area contributed by atoms with Gasteiger partial charge in [-0.1, -0.05) is 24.6 Å². The van der Waals surface area contributed by atoms with Gasteiger partial charge in [0.15, 0.2) is 0 Å². The predicted octanol–water partition coefficient (Wildman–Crippen LogP) is 2.74. The van der Waals surface area contributed by atoms with Crippen LogP contribution in [0.1, 0.15) is 36.2 Å². The largest absolute Gasteiger partial charge is 0.398 e. The molecule has 21 heavy (non-hydrogen) atoms. The van der Waals surface area contributed by atoms with Crippen LogP contribution in [0.25, 0.3) is 10.9 Å². The fourth-order valence-electron chi connectivity index (χ4n) is 3.98. The summed E-state index contributed by atoms with van der Waals surface area (Å²) in [6, 6.07) is 9.66. The molecule has 4 nitrogen and oxygen atoms in total. The van der Waals surface area contributed by atoms with E-state index in [0.29, 0.717) is 23.3 Å². The van der Waals surface area contributed by atoms with Gasteiger partial charge in [0.1, 0.15) is 5.69 Å². The van der Waals surface area contributed by atoms with Crippen LogP contribution in [0.4, 0.5) is 5.69 Å². The maximum atomic E-state index is 12.4. The second kappa shape index (κ2) is 4.72. The molecule has 3 unspecified atom stereocenters. The van der Waals surface area contributed by atoms with Crippen molar-refractivity contribution in [1.82, 2.24) is 10.3 Å². The number of amides is 1. The third-order valence-corrected chi connectivity index (χ3v) is 5.04. The Balaban J connectivity index is 1.59. The second-order valence-corrected chi connectivity index (χ2v) is 6.37. The van der Waals surface area contributed by atoms with E-state index in [9.17, 15) is 4.79 Å². The molecule has 2 aliphatic rings. The molecule has 3 N–H and O–H groups in total. The number of rotatable bonds is 2. The number of hydrogen-bond donors (Lipinski definition) is 2. The molecular weight excluding hydrogens is 262 g/mol. The molecule has 0 spiro atoms. The molecule has 108 valence electrons. The molecule has 1 heterocycles. The molecular formula is C17H19N3O. The highest BCUT2D eigenvalue weighted by atomic mass is 16.1. The van der Waals surface area contributed by atoms with E-state index in [1.54, 1.807) is 6.07 Å². The SMILES string of the molecule is Nc1cc(C(=O)NC2CC3CCC2C3)nc2ccccc12. The quantitative estimate of drug-likeness (QED) is 0.889. The van der Waals surface area contributed by atoms with Crippen molar-refractivity contribution in [3.05, 3.63) is 36.0 Å². The van der Waals surface area contributed by atoms with E-state index in [4.69, 9.17) is 5.73 Å². The average Bonchev–Trinajstić information content (AvgIpc) is 3.10. The smallest absolute Gasteiger partial charge is 0.270 e. The van der Waals surface area contributed by atoms with Crippen molar-refractivity contribution in [2.45, 2.75) is 31.7 Å². The zero-order valence-corrected chi connectivity index (χ0v) is 11.9. The molecule has 0 radical (unpaired) electrons. The lowest BCUT2D eigenvalue weighted by Crippen LogP contribution is -2.38. The fraction of sp³-hybridized carbons (Fsp3) is 0.412. The van der Waals surface area contributed by atoms with Crippen LogP contribution < -0.4 is 11.1 Å². The van der Waals surface area contributed by atoms with Crippen LogP contribution in [0.15, 0.2) is 30.3 Å². The van der Waals surface area contributed by atoms with Crippen LogP contribution in [-0.4, -0.2) is 16.9 Å². The number of hydrogen-bond acceptors (Lipinski definition) is 3. The Labute approximate surface area is 123 Å². The predicted molar refractivity (Wildman–Crippen MR) is 82.9 cm³/mol. The van der Waals surface area contributed by atoms with Gasteiger partial charge in [0.2, 0.25) is 0 Å². The minimum atomic E-state index is -0.0926. The number of carbonyl (C=O) groups is 1. The number of nitrogens with two attached hydrogens (primary N) is 1. The Kier molecular flexibility index (Phi) is 2.84. The lowest BCUT2D eigenvalue weighted by Gasteiger charge is -2.22. The van der Waals surface area contributed by atoms with Crippen molar-refractivity contribution >= 4 is 22.5 Å². The van der Waals surface area contributed by atoms with Crippen molar-refractivity contribution in [2.24, 2.45) is 11.8 Å². The minimum absolute atomic E-state index is 0.0926. The summed E-state index contributed by atoms with van der Waals surface area (Å²) >= 11 is 0. The Hall–Kier alpha value is -2.10. The van der Waals surface area contributed by atoms with E-state index in [2.05, 4.69) is 10.3 Å². The van der Waals surface area contributed by atoms with Crippen LogP contribution in [0.5, 0.6) is 0 Å². The molecule has 3 atom stereocenters. The zero-order valence-electron chi connectivity index (χ0n) is 11.9. The molecule has 0 saturated heterocycles. The van der Waals surface area contributed by atoms with E-state index in [1.807, 2.05) is 24.3 Å². The summed E-state index contributed by atoms with van der Waals surface area (Å²) in [6.07, 6.45) is 4.98. The van der Waals surface area contributed by atoms with Gasteiger partial charge < -0.3 is 11.1 Å². The summed E-state index contributed by atoms with van der Waals surface area (Å²) in [5.41, 5.74) is 7.85. The van der Waals surface area contributed by atoms with Crippen molar-refractivity contribution in [1.29, 1.82) is 0 Å². The maximum Gasteiger partial charge on any atom is 0.270 e. The standard InChI is InChI=1S/C17H19N3O/c18-13-9-16(19-14-4-2-1-3-12(13)14)17(21)20-15-8-10-5-6-11(15)7-10/h1-4,9-11,15H,5-8H2,(H2,18,19)(H,20,21). The molecule has 2 aromatic rings. The first kappa shape index (κ1) is 12.6. The lowest BCUT2D eigenvalue weighted by molar-refractivity contribution is 0.0918. The van der Waals surface area contributed by atoms with Crippen LogP contribution in [0, 0.1) is 11.8 Å². The summed E-state index contributed by atoms with van der Waals surface area (Å²) < 4.78 is 0. The highest BCUT2D eigenvalue weighted by molar-refractivity contribution is 5.99. The summed E-state index contributed by atoms with van der Waals surface area (Å²) in [5.74, 6) is 1.39. The van der Waals surface area contributed by atoms with Crippen LogP contribution in [0.3, 0.4) is 0 Å². The number of fused-ring (bicyclic) bond motifs is 3. The highest BCUT2D eigenvalue weighted by Crippen LogP contribution is 2.44. The fourth-order valence-corrected chi connectivity index (χ4v) is 3.98. The van der Waals surface area contributed by atoms with E-state index < -0.39 is 0 Å². The van der Waals surface area contributed by atoms with Crippen molar-refractivity contribution in [3.63, 3.8) is 0 Å². The number of carbonyl (C=O) groups excluding carboxylic acids is 1. The van der Waals surface area contributed by atoms with Gasteiger partial charge >= 0.3 is 0 Å². The molecule has 1 aromatic carbocycles. The first-order valence-electron chi connectivity index (χ1n) is 7.67. The van der Waals surface area contributed by atoms with E-state index >= 15 is 0 Å². The summed E-state index contributed by atoms with van der Waals surface area (Å²) in [5, 5.41) is 4.06. The van der Waals surface area contributed by atoms with Crippen LogP contribution in [-0.2, 0) is 0 Å². The van der Waals surface area contributed by atoms with Gasteiger partial charge in [0.25, 0.3) is 5.91 Å². The number of anilines is 1. The third kappa shape index (κ3) is 2.15. The van der Waals surface area contributed by atoms with Crippen LogP contribution >= 0.6 is 0 Å². The summed E-state index contributed by atoms with van der Waals surface area (Å²) in [7, 11) is 0. The first-order chi connectivity index (χ1) is 10.2. The van der Waals surface area contributed by atoms with Crippen molar-refractivity contribution in [3.8, 4) is 0 Å². The molecule has 2 bridgehead atoms. The van der Waals surface area contributed by atoms with Gasteiger partial charge in [-0.3, -0.25) is 4.79 Å². The topological polar surface area (TPSA) is 68.0 Å². The number of pyridine rings is 1. The second-order valence-electron chi connectivity index (χ2n) is 6.37. The number of aromatic nitrogens is 1. The normalized spacial score (nSPS) is 27.1. The molecule has 2 saturated carbocycles. The molecule has 4 rings (SSSR count). The zero-order chi connectivity index (χ0) is 14.4.